The normalized spacial score (nSPS) is 18.9. The van der Waals surface area contributed by atoms with Crippen LogP contribution < -0.4 is 10.2 Å². The molecule has 2 aromatic rings. The van der Waals surface area contributed by atoms with E-state index in [0.29, 0.717) is 11.1 Å². The number of aromatic nitrogens is 2. The van der Waals surface area contributed by atoms with E-state index in [-0.39, 0.29) is 0 Å². The molecule has 3 rings (SSSR count). The van der Waals surface area contributed by atoms with Gasteiger partial charge in [0.1, 0.15) is 0 Å². The number of rotatable bonds is 3. The van der Waals surface area contributed by atoms with Crippen LogP contribution in [-0.2, 0) is 0 Å². The first-order valence-electron chi connectivity index (χ1n) is 6.85. The molecule has 2 heterocycles. The maximum absolute atomic E-state index is 5.83. The van der Waals surface area contributed by atoms with Gasteiger partial charge in [-0.2, -0.15) is 0 Å². The molecule has 1 aliphatic rings. The van der Waals surface area contributed by atoms with Gasteiger partial charge < -0.3 is 10.2 Å². The minimum atomic E-state index is 0.422. The molecule has 1 fully saturated rings. The standard InChI is InChI=1S/C15H17ClN4/c16-12-9-17-15(18-10-12)20-8-4-7-14(11-20)19-13-5-2-1-3-6-13/h1-3,5-6,9-10,14,19H,4,7-8,11H2. The summed E-state index contributed by atoms with van der Waals surface area (Å²) in [4.78, 5) is 10.8. The van der Waals surface area contributed by atoms with Crippen LogP contribution in [0.5, 0.6) is 0 Å². The lowest BCUT2D eigenvalue weighted by molar-refractivity contribution is 0.523. The highest BCUT2D eigenvalue weighted by atomic mass is 35.5. The summed E-state index contributed by atoms with van der Waals surface area (Å²) in [5.74, 6) is 0.758. The Morgan fingerprint density at radius 2 is 1.90 bits per heavy atom. The van der Waals surface area contributed by atoms with Crippen LogP contribution in [0.25, 0.3) is 0 Å². The van der Waals surface area contributed by atoms with Crippen molar-refractivity contribution in [2.45, 2.75) is 18.9 Å². The second kappa shape index (κ2) is 6.09. The predicted molar refractivity (Wildman–Crippen MR) is 82.3 cm³/mol. The fraction of sp³-hybridized carbons (Fsp3) is 0.333. The minimum absolute atomic E-state index is 0.422. The van der Waals surface area contributed by atoms with Gasteiger partial charge >= 0.3 is 0 Å². The maximum atomic E-state index is 5.83. The van der Waals surface area contributed by atoms with E-state index < -0.39 is 0 Å². The van der Waals surface area contributed by atoms with E-state index in [1.54, 1.807) is 12.4 Å². The molecule has 1 aromatic heterocycles. The first-order chi connectivity index (χ1) is 9.81. The van der Waals surface area contributed by atoms with Crippen LogP contribution in [0.3, 0.4) is 0 Å². The zero-order valence-electron chi connectivity index (χ0n) is 11.2. The van der Waals surface area contributed by atoms with Gasteiger partial charge in [0.2, 0.25) is 5.95 Å². The smallest absolute Gasteiger partial charge is 0.225 e. The quantitative estimate of drug-likeness (QED) is 0.941. The Balaban J connectivity index is 1.66. The van der Waals surface area contributed by atoms with Crippen molar-refractivity contribution in [1.82, 2.24) is 9.97 Å². The van der Waals surface area contributed by atoms with Crippen LogP contribution in [0.4, 0.5) is 11.6 Å². The summed E-state index contributed by atoms with van der Waals surface area (Å²) < 4.78 is 0. The fourth-order valence-electron chi connectivity index (χ4n) is 2.52. The van der Waals surface area contributed by atoms with E-state index in [9.17, 15) is 0 Å². The first-order valence-corrected chi connectivity index (χ1v) is 7.23. The monoisotopic (exact) mass is 288 g/mol. The Labute approximate surface area is 123 Å². The molecule has 4 nitrogen and oxygen atoms in total. The topological polar surface area (TPSA) is 41.1 Å². The summed E-state index contributed by atoms with van der Waals surface area (Å²) in [6, 6.07) is 10.7. The van der Waals surface area contributed by atoms with Crippen LogP contribution >= 0.6 is 11.6 Å². The van der Waals surface area contributed by atoms with Crippen LogP contribution in [0.2, 0.25) is 5.02 Å². The lowest BCUT2D eigenvalue weighted by atomic mass is 10.1. The van der Waals surface area contributed by atoms with Gasteiger partial charge in [-0.05, 0) is 25.0 Å². The third kappa shape index (κ3) is 3.20. The number of benzene rings is 1. The molecule has 0 aliphatic carbocycles. The van der Waals surface area contributed by atoms with Crippen molar-refractivity contribution in [1.29, 1.82) is 0 Å². The number of hydrogen-bond acceptors (Lipinski definition) is 4. The zero-order chi connectivity index (χ0) is 13.8. The number of piperidine rings is 1. The molecule has 0 spiro atoms. The van der Waals surface area contributed by atoms with Crippen LogP contribution in [0, 0.1) is 0 Å². The number of halogens is 1. The lowest BCUT2D eigenvalue weighted by Gasteiger charge is -2.33. The summed E-state index contributed by atoms with van der Waals surface area (Å²) >= 11 is 5.83. The molecule has 1 atom stereocenters. The number of para-hydroxylation sites is 1. The van der Waals surface area contributed by atoms with Crippen molar-refractivity contribution in [2.75, 3.05) is 23.3 Å². The third-order valence-corrected chi connectivity index (χ3v) is 3.65. The van der Waals surface area contributed by atoms with Gasteiger partial charge in [0.15, 0.2) is 0 Å². The summed E-state index contributed by atoms with van der Waals surface area (Å²) in [6.45, 7) is 1.91. The van der Waals surface area contributed by atoms with Gasteiger partial charge in [-0.3, -0.25) is 0 Å². The summed E-state index contributed by atoms with van der Waals surface area (Å²) in [5.41, 5.74) is 1.16. The molecule has 0 bridgehead atoms. The van der Waals surface area contributed by atoms with Gasteiger partial charge in [0, 0.05) is 24.8 Å². The second-order valence-corrected chi connectivity index (χ2v) is 5.43. The van der Waals surface area contributed by atoms with Gasteiger partial charge in [-0.25, -0.2) is 9.97 Å². The highest BCUT2D eigenvalue weighted by Gasteiger charge is 2.21. The van der Waals surface area contributed by atoms with Crippen LogP contribution in [0.1, 0.15) is 12.8 Å². The molecule has 1 aliphatic heterocycles. The molecule has 104 valence electrons. The predicted octanol–water partition coefficient (Wildman–Crippen LogP) is 3.21. The molecular weight excluding hydrogens is 272 g/mol. The fourth-order valence-corrected chi connectivity index (χ4v) is 2.61. The molecule has 1 aromatic carbocycles. The zero-order valence-corrected chi connectivity index (χ0v) is 11.9. The number of anilines is 2. The Morgan fingerprint density at radius 3 is 2.65 bits per heavy atom. The Morgan fingerprint density at radius 1 is 1.15 bits per heavy atom. The van der Waals surface area contributed by atoms with Crippen LogP contribution in [0.15, 0.2) is 42.7 Å². The van der Waals surface area contributed by atoms with E-state index in [1.807, 2.05) is 18.2 Å². The lowest BCUT2D eigenvalue weighted by Crippen LogP contribution is -2.42. The SMILES string of the molecule is Clc1cnc(N2CCCC(Nc3ccccc3)C2)nc1. The van der Waals surface area contributed by atoms with Gasteiger partial charge in [-0.1, -0.05) is 29.8 Å². The third-order valence-electron chi connectivity index (χ3n) is 3.46. The second-order valence-electron chi connectivity index (χ2n) is 5.00. The highest BCUT2D eigenvalue weighted by molar-refractivity contribution is 6.30. The van der Waals surface area contributed by atoms with Crippen molar-refractivity contribution in [3.8, 4) is 0 Å². The van der Waals surface area contributed by atoms with E-state index in [2.05, 4.69) is 32.3 Å². The largest absolute Gasteiger partial charge is 0.381 e. The molecule has 1 unspecified atom stereocenters. The molecule has 0 radical (unpaired) electrons. The Bertz CT molecular complexity index is 544. The van der Waals surface area contributed by atoms with Gasteiger partial charge in [-0.15, -0.1) is 0 Å². The summed E-state index contributed by atoms with van der Waals surface area (Å²) in [7, 11) is 0. The number of nitrogens with zero attached hydrogens (tertiary/aromatic N) is 3. The van der Waals surface area contributed by atoms with Gasteiger partial charge in [0.25, 0.3) is 0 Å². The van der Waals surface area contributed by atoms with Crippen molar-refractivity contribution < 1.29 is 0 Å². The molecule has 1 saturated heterocycles. The Hall–Kier alpha value is -1.81. The van der Waals surface area contributed by atoms with E-state index in [4.69, 9.17) is 11.6 Å². The highest BCUT2D eigenvalue weighted by Crippen LogP contribution is 2.19. The van der Waals surface area contributed by atoms with Crippen molar-refractivity contribution in [2.24, 2.45) is 0 Å². The average Bonchev–Trinajstić information content (AvgIpc) is 2.49. The van der Waals surface area contributed by atoms with Crippen LogP contribution in [-0.4, -0.2) is 29.1 Å². The molecular formula is C15H17ClN4. The summed E-state index contributed by atoms with van der Waals surface area (Å²) in [5, 5.41) is 4.14. The Kier molecular flexibility index (Phi) is 4.02. The number of nitrogens with one attached hydrogen (secondary N) is 1. The van der Waals surface area contributed by atoms with Crippen molar-refractivity contribution in [3.63, 3.8) is 0 Å². The van der Waals surface area contributed by atoms with E-state index in [0.717, 1.165) is 31.1 Å². The molecule has 0 amide bonds. The van der Waals surface area contributed by atoms with E-state index in [1.165, 1.54) is 6.42 Å². The maximum Gasteiger partial charge on any atom is 0.225 e. The molecule has 20 heavy (non-hydrogen) atoms. The average molecular weight is 289 g/mol. The summed E-state index contributed by atoms with van der Waals surface area (Å²) in [6.07, 6.45) is 5.60. The van der Waals surface area contributed by atoms with Crippen molar-refractivity contribution in [3.05, 3.63) is 47.7 Å². The van der Waals surface area contributed by atoms with Crippen molar-refractivity contribution >= 4 is 23.2 Å². The first kappa shape index (κ1) is 13.2. The number of hydrogen-bond donors (Lipinski definition) is 1. The molecule has 1 N–H and O–H groups in total. The molecule has 5 heteroatoms. The van der Waals surface area contributed by atoms with E-state index >= 15 is 0 Å². The molecule has 0 saturated carbocycles. The minimum Gasteiger partial charge on any atom is -0.381 e. The van der Waals surface area contributed by atoms with Gasteiger partial charge in [0.05, 0.1) is 17.4 Å².